The van der Waals surface area contributed by atoms with Gasteiger partial charge in [0.2, 0.25) is 0 Å². The van der Waals surface area contributed by atoms with E-state index in [1.165, 1.54) is 5.56 Å². The molecular weight excluding hydrogens is 652 g/mol. The summed E-state index contributed by atoms with van der Waals surface area (Å²) in [4.78, 5) is 2.00. The van der Waals surface area contributed by atoms with E-state index in [1.54, 1.807) is 0 Å². The fourth-order valence-electron chi connectivity index (χ4n) is 4.44. The van der Waals surface area contributed by atoms with Crippen LogP contribution in [-0.2, 0) is 5.66 Å². The van der Waals surface area contributed by atoms with Crippen LogP contribution in [-0.4, -0.2) is 34.9 Å². The van der Waals surface area contributed by atoms with Crippen LogP contribution in [0.3, 0.4) is 0 Å². The summed E-state index contributed by atoms with van der Waals surface area (Å²) in [6.45, 7) is 17.8. The van der Waals surface area contributed by atoms with Crippen molar-refractivity contribution >= 4 is 73.7 Å². The van der Waals surface area contributed by atoms with Crippen molar-refractivity contribution in [3.63, 3.8) is 0 Å². The second kappa shape index (κ2) is 7.81. The van der Waals surface area contributed by atoms with Gasteiger partial charge in [-0.1, -0.05) is 62.7 Å². The van der Waals surface area contributed by atoms with Crippen LogP contribution in [0.5, 0.6) is 0 Å². The molecule has 0 radical (unpaired) electrons. The van der Waals surface area contributed by atoms with E-state index in [-0.39, 0.29) is 22.8 Å². The Hall–Kier alpha value is 1.63. The molecule has 4 unspecified atom stereocenters. The second-order valence-corrected chi connectivity index (χ2v) is 67.4. The standard InChI is InChI=1S/C20H31ClN3.6ClH.Sb/c1-14(2)18(7,21)24-20(16-12-10-9-11-13-16)17(5,6)23(20)19(8,22-24)15(3)4;;;;;;;/h9-15H,1-8H3;6*1H;/q+1;;;;;;;+5/p-6. The van der Waals surface area contributed by atoms with Gasteiger partial charge < -0.3 is 0 Å². The van der Waals surface area contributed by atoms with Gasteiger partial charge in [-0.2, -0.15) is 4.90 Å². The minimum absolute atomic E-state index is 0.0276. The van der Waals surface area contributed by atoms with Crippen molar-refractivity contribution in [3.05, 3.63) is 35.9 Å². The quantitative estimate of drug-likeness (QED) is 0.102. The molecule has 3 rings (SSSR count). The van der Waals surface area contributed by atoms with Crippen LogP contribution in [0.2, 0.25) is 0 Å². The normalized spacial score (nSPS) is 33.5. The summed E-state index contributed by atoms with van der Waals surface area (Å²) in [6.07, 6.45) is 0. The van der Waals surface area contributed by atoms with Gasteiger partial charge in [0.25, 0.3) is 10.7 Å². The Bertz CT molecular complexity index is 868. The number of nitrogens with zero attached hydrogens (tertiary/aromatic N) is 3. The summed E-state index contributed by atoms with van der Waals surface area (Å²) in [6, 6.07) is 10.7. The van der Waals surface area contributed by atoms with Gasteiger partial charge in [0.1, 0.15) is 5.54 Å². The van der Waals surface area contributed by atoms with E-state index in [9.17, 15) is 0 Å². The molecule has 2 heterocycles. The molecule has 0 aromatic heterocycles. The number of alkyl halides is 1. The summed E-state index contributed by atoms with van der Waals surface area (Å²) in [5.41, 5.74) is 0.703. The van der Waals surface area contributed by atoms with Crippen LogP contribution in [0, 0.1) is 11.8 Å². The van der Waals surface area contributed by atoms with Gasteiger partial charge in [-0.3, -0.25) is 0 Å². The van der Waals surface area contributed by atoms with Gasteiger partial charge in [0.15, 0.2) is 5.66 Å². The Morgan fingerprint density at radius 3 is 1.71 bits per heavy atom. The molecule has 4 atom stereocenters. The fraction of sp³-hybridized carbons (Fsp3) is 0.700. The first-order valence-corrected chi connectivity index (χ1v) is 29.8. The van der Waals surface area contributed by atoms with Crippen molar-refractivity contribution < 1.29 is 4.70 Å². The Morgan fingerprint density at radius 1 is 0.935 bits per heavy atom. The zero-order valence-corrected chi connectivity index (χ0v) is 26.8. The molecule has 11 heteroatoms. The van der Waals surface area contributed by atoms with E-state index in [4.69, 9.17) is 69.7 Å². The molecule has 0 spiro atoms. The Balaban J connectivity index is 0.000000423. The van der Waals surface area contributed by atoms with Crippen LogP contribution in [0.15, 0.2) is 35.4 Å². The van der Waals surface area contributed by atoms with E-state index in [2.05, 4.69) is 95.3 Å². The van der Waals surface area contributed by atoms with Gasteiger partial charge in [-0.25, -0.2) is 0 Å². The number of fused-ring (bicyclic) bond motifs is 1. The molecule has 31 heavy (non-hydrogen) atoms. The molecule has 0 bridgehead atoms. The summed E-state index contributed by atoms with van der Waals surface area (Å²) in [5.74, 6) is 0.670. The maximum absolute atomic E-state index is 7.10. The molecule has 1 aromatic rings. The molecular formula is C20H31Cl7N3Sb. The topological polar surface area (TPSA) is 18.4 Å². The number of azo groups is 2. The van der Waals surface area contributed by atoms with Gasteiger partial charge in [0, 0.05) is 18.4 Å². The summed E-state index contributed by atoms with van der Waals surface area (Å²) in [5, 5.41) is 5.21. The minimum atomic E-state index is -5.42. The Morgan fingerprint density at radius 2 is 1.35 bits per heavy atom. The summed E-state index contributed by atoms with van der Waals surface area (Å²) >= 11 is 7.10. The molecule has 0 saturated carbocycles. The molecule has 1 aromatic carbocycles. The second-order valence-electron chi connectivity index (χ2n) is 9.73. The van der Waals surface area contributed by atoms with E-state index >= 15 is 0 Å². The summed E-state index contributed by atoms with van der Waals surface area (Å²) < 4.78 is 2.21. The molecule has 180 valence electrons. The van der Waals surface area contributed by atoms with E-state index < -0.39 is 14.1 Å². The number of rotatable bonds is 4. The first-order valence-electron chi connectivity index (χ1n) is 10.0. The number of benzene rings is 1. The van der Waals surface area contributed by atoms with E-state index in [1.807, 2.05) is 0 Å². The number of hydrogen-bond donors (Lipinski definition) is 0. The van der Waals surface area contributed by atoms with Crippen LogP contribution >= 0.6 is 64.6 Å². The Kier molecular flexibility index (Phi) is 7.27. The molecule has 0 amide bonds. The molecule has 1 fully saturated rings. The zero-order chi connectivity index (χ0) is 24.5. The first kappa shape index (κ1) is 28.9. The Labute approximate surface area is 211 Å². The van der Waals surface area contributed by atoms with Crippen LogP contribution in [0.25, 0.3) is 0 Å². The van der Waals surface area contributed by atoms with E-state index in [0.29, 0.717) is 5.92 Å². The SMILES string of the molecule is CC(C)C1(C)N=[N+](C(C)(Cl)C(C)C)C2(c3ccccc3)N1C2(C)C.[Cl][Sb-]([Cl])([Cl])([Cl])([Cl])[Cl]. The van der Waals surface area contributed by atoms with Crippen molar-refractivity contribution in [2.75, 3.05) is 0 Å². The third kappa shape index (κ3) is 5.73. The van der Waals surface area contributed by atoms with Crippen LogP contribution < -0.4 is 0 Å². The molecule has 1 saturated heterocycles. The summed E-state index contributed by atoms with van der Waals surface area (Å²) in [7, 11) is 25.0. The van der Waals surface area contributed by atoms with Crippen molar-refractivity contribution in [1.82, 2.24) is 4.90 Å². The molecule has 0 aliphatic carbocycles. The van der Waals surface area contributed by atoms with Gasteiger partial charge in [0.05, 0.1) is 0 Å². The number of hydrogen-bond acceptors (Lipinski definition) is 2. The van der Waals surface area contributed by atoms with E-state index in [0.717, 1.165) is 0 Å². The van der Waals surface area contributed by atoms with Gasteiger partial charge in [-0.15, -0.1) is 0 Å². The van der Waals surface area contributed by atoms with Crippen LogP contribution in [0.4, 0.5) is 0 Å². The first-order chi connectivity index (χ1) is 13.4. The third-order valence-electron chi connectivity index (χ3n) is 6.49. The molecule has 0 N–H and O–H groups in total. The number of halogens is 7. The zero-order valence-electron chi connectivity index (χ0n) is 19.0. The average Bonchev–Trinajstić information content (AvgIpc) is 2.90. The maximum atomic E-state index is 7.10. The van der Waals surface area contributed by atoms with Gasteiger partial charge in [-0.05, 0) is 43.4 Å². The monoisotopic (exact) mass is 679 g/mol. The molecule has 3 nitrogen and oxygen atoms in total. The van der Waals surface area contributed by atoms with Crippen LogP contribution in [0.1, 0.15) is 61.0 Å². The van der Waals surface area contributed by atoms with Crippen molar-refractivity contribution in [2.24, 2.45) is 17.0 Å². The van der Waals surface area contributed by atoms with Crippen molar-refractivity contribution in [1.29, 1.82) is 0 Å². The van der Waals surface area contributed by atoms with Crippen molar-refractivity contribution in [3.8, 4) is 0 Å². The molecule has 2 aliphatic heterocycles. The third-order valence-corrected chi connectivity index (χ3v) is 7.08. The molecule has 2 aliphatic rings. The predicted molar refractivity (Wildman–Crippen MR) is 140 cm³/mol. The van der Waals surface area contributed by atoms with Crippen molar-refractivity contribution in [2.45, 2.75) is 77.3 Å². The van der Waals surface area contributed by atoms with Gasteiger partial charge >= 0.3 is 62.1 Å². The predicted octanol–water partition coefficient (Wildman–Crippen LogP) is 9.15. The fourth-order valence-corrected chi connectivity index (χ4v) is 4.60. The average molecular weight is 683 g/mol.